The van der Waals surface area contributed by atoms with E-state index in [1.54, 1.807) is 14.2 Å². The van der Waals surface area contributed by atoms with E-state index in [4.69, 9.17) is 14.2 Å². The van der Waals surface area contributed by atoms with E-state index in [1.807, 2.05) is 42.5 Å². The monoisotopic (exact) mass is 433 g/mol. The van der Waals surface area contributed by atoms with Crippen LogP contribution in [0.3, 0.4) is 0 Å². The lowest BCUT2D eigenvalue weighted by atomic mass is 9.99. The largest absolute Gasteiger partial charge is 0.493 e. The quantitative estimate of drug-likeness (QED) is 0.555. The highest BCUT2D eigenvalue weighted by atomic mass is 16.5. The van der Waals surface area contributed by atoms with Crippen molar-refractivity contribution in [3.8, 4) is 17.2 Å². The fourth-order valence-corrected chi connectivity index (χ4v) is 4.16. The maximum atomic E-state index is 10.8. The van der Waals surface area contributed by atoms with Crippen molar-refractivity contribution >= 4 is 0 Å². The summed E-state index contributed by atoms with van der Waals surface area (Å²) in [7, 11) is 3.30. The number of ether oxygens (including phenoxy) is 3. The highest BCUT2D eigenvalue weighted by molar-refractivity contribution is 5.43. The van der Waals surface area contributed by atoms with Crippen LogP contribution in [0, 0.1) is 0 Å². The Labute approximate surface area is 190 Å². The van der Waals surface area contributed by atoms with E-state index in [0.29, 0.717) is 13.0 Å². The summed E-state index contributed by atoms with van der Waals surface area (Å²) in [5.74, 6) is 2.37. The van der Waals surface area contributed by atoms with Crippen LogP contribution < -0.4 is 14.2 Å². The Kier molecular flexibility index (Phi) is 7.30. The lowest BCUT2D eigenvalue weighted by Gasteiger charge is -2.21. The van der Waals surface area contributed by atoms with Gasteiger partial charge in [-0.2, -0.15) is 0 Å². The number of aliphatic hydroxyl groups excluding tert-OH is 1. The molecule has 0 spiro atoms. The molecule has 0 radical (unpaired) electrons. The molecule has 168 valence electrons. The second kappa shape index (κ2) is 10.5. The van der Waals surface area contributed by atoms with Gasteiger partial charge in [-0.25, -0.2) is 0 Å². The van der Waals surface area contributed by atoms with Crippen molar-refractivity contribution in [1.82, 2.24) is 4.90 Å². The number of fused-ring (bicyclic) bond motifs is 1. The predicted octanol–water partition coefficient (Wildman–Crippen LogP) is 4.76. The highest BCUT2D eigenvalue weighted by Gasteiger charge is 2.18. The van der Waals surface area contributed by atoms with Gasteiger partial charge in [0.2, 0.25) is 0 Å². The summed E-state index contributed by atoms with van der Waals surface area (Å²) in [5.41, 5.74) is 4.45. The minimum absolute atomic E-state index is 0.497. The molecule has 3 aromatic carbocycles. The molecule has 0 aromatic heterocycles. The Balaban J connectivity index is 1.44. The molecular weight excluding hydrogens is 402 g/mol. The van der Waals surface area contributed by atoms with Gasteiger partial charge in [0, 0.05) is 25.2 Å². The molecule has 1 aliphatic rings. The molecule has 1 aliphatic heterocycles. The molecule has 0 bridgehead atoms. The van der Waals surface area contributed by atoms with Crippen LogP contribution in [0.2, 0.25) is 0 Å². The molecule has 1 atom stereocenters. The SMILES string of the molecule is COc1ccc(CN2CCOc3ccc([C@@H](O)CCc4ccccc4)cc3C2)cc1OC. The fraction of sp³-hybridized carbons (Fsp3) is 0.333. The Morgan fingerprint density at radius 1 is 0.938 bits per heavy atom. The van der Waals surface area contributed by atoms with E-state index in [1.165, 1.54) is 5.56 Å². The molecule has 5 nitrogen and oxygen atoms in total. The van der Waals surface area contributed by atoms with Crippen molar-refractivity contribution in [2.75, 3.05) is 27.4 Å². The van der Waals surface area contributed by atoms with Crippen molar-refractivity contribution in [2.24, 2.45) is 0 Å². The van der Waals surface area contributed by atoms with E-state index in [2.05, 4.69) is 29.2 Å². The molecule has 1 heterocycles. The van der Waals surface area contributed by atoms with Crippen LogP contribution in [0.25, 0.3) is 0 Å². The molecule has 3 aromatic rings. The molecule has 0 fully saturated rings. The molecular formula is C27H31NO4. The Morgan fingerprint density at radius 2 is 1.75 bits per heavy atom. The summed E-state index contributed by atoms with van der Waals surface area (Å²) in [6, 6.07) is 22.4. The fourth-order valence-electron chi connectivity index (χ4n) is 4.16. The Morgan fingerprint density at radius 3 is 2.53 bits per heavy atom. The first kappa shape index (κ1) is 22.2. The zero-order valence-electron chi connectivity index (χ0n) is 18.8. The van der Waals surface area contributed by atoms with Crippen molar-refractivity contribution in [3.63, 3.8) is 0 Å². The van der Waals surface area contributed by atoms with Gasteiger partial charge in [-0.15, -0.1) is 0 Å². The zero-order valence-corrected chi connectivity index (χ0v) is 18.8. The van der Waals surface area contributed by atoms with E-state index >= 15 is 0 Å². The third kappa shape index (κ3) is 5.42. The van der Waals surface area contributed by atoms with E-state index in [9.17, 15) is 5.11 Å². The molecule has 4 rings (SSSR count). The number of nitrogens with zero attached hydrogens (tertiary/aromatic N) is 1. The van der Waals surface area contributed by atoms with Gasteiger partial charge in [0.25, 0.3) is 0 Å². The average molecular weight is 434 g/mol. The summed E-state index contributed by atoms with van der Waals surface area (Å²) in [6.45, 7) is 3.01. The van der Waals surface area contributed by atoms with Crippen LogP contribution in [0.4, 0.5) is 0 Å². The molecule has 32 heavy (non-hydrogen) atoms. The minimum Gasteiger partial charge on any atom is -0.493 e. The molecule has 0 saturated heterocycles. The van der Waals surface area contributed by atoms with Gasteiger partial charge in [0.05, 0.1) is 20.3 Å². The predicted molar refractivity (Wildman–Crippen MR) is 125 cm³/mol. The van der Waals surface area contributed by atoms with Gasteiger partial charge in [0.1, 0.15) is 12.4 Å². The van der Waals surface area contributed by atoms with Crippen molar-refractivity contribution in [1.29, 1.82) is 0 Å². The van der Waals surface area contributed by atoms with Gasteiger partial charge in [0.15, 0.2) is 11.5 Å². The van der Waals surface area contributed by atoms with Gasteiger partial charge in [-0.3, -0.25) is 4.90 Å². The Bertz CT molecular complexity index is 1020. The third-order valence-electron chi connectivity index (χ3n) is 5.93. The number of benzene rings is 3. The summed E-state index contributed by atoms with van der Waals surface area (Å²) >= 11 is 0. The first-order chi connectivity index (χ1) is 15.7. The van der Waals surface area contributed by atoms with Gasteiger partial charge in [-0.05, 0) is 53.8 Å². The second-order valence-electron chi connectivity index (χ2n) is 8.16. The van der Waals surface area contributed by atoms with Crippen LogP contribution in [0.5, 0.6) is 17.2 Å². The number of methoxy groups -OCH3 is 2. The summed E-state index contributed by atoms with van der Waals surface area (Å²) in [4.78, 5) is 2.35. The minimum atomic E-state index is -0.497. The van der Waals surface area contributed by atoms with Crippen molar-refractivity contribution < 1.29 is 19.3 Å². The zero-order chi connectivity index (χ0) is 22.3. The standard InChI is InChI=1S/C27H31NO4/c1-30-26-12-9-21(16-27(26)31-2)18-28-14-15-32-25-13-10-22(17-23(25)19-28)24(29)11-8-20-6-4-3-5-7-20/h3-7,9-10,12-13,16-17,24,29H,8,11,14-15,18-19H2,1-2H3/t24-/m0/s1. The van der Waals surface area contributed by atoms with E-state index in [-0.39, 0.29) is 0 Å². The highest BCUT2D eigenvalue weighted by Crippen LogP contribution is 2.31. The number of aryl methyl sites for hydroxylation is 1. The summed E-state index contributed by atoms with van der Waals surface area (Å²) in [5, 5.41) is 10.8. The molecule has 0 aliphatic carbocycles. The summed E-state index contributed by atoms with van der Waals surface area (Å²) in [6.07, 6.45) is 1.04. The van der Waals surface area contributed by atoms with Gasteiger partial charge < -0.3 is 19.3 Å². The smallest absolute Gasteiger partial charge is 0.161 e. The van der Waals surface area contributed by atoms with Crippen LogP contribution in [-0.2, 0) is 19.5 Å². The van der Waals surface area contributed by atoms with Crippen LogP contribution in [-0.4, -0.2) is 37.4 Å². The number of hydrogen-bond donors (Lipinski definition) is 1. The topological polar surface area (TPSA) is 51.2 Å². The van der Waals surface area contributed by atoms with Crippen LogP contribution in [0.1, 0.15) is 34.8 Å². The number of hydrogen-bond acceptors (Lipinski definition) is 5. The number of aliphatic hydroxyl groups is 1. The van der Waals surface area contributed by atoms with Crippen LogP contribution in [0.15, 0.2) is 66.7 Å². The lowest BCUT2D eigenvalue weighted by molar-refractivity contribution is 0.167. The van der Waals surface area contributed by atoms with Gasteiger partial charge >= 0.3 is 0 Å². The normalized spacial score (nSPS) is 14.7. The molecule has 0 amide bonds. The van der Waals surface area contributed by atoms with Crippen LogP contribution >= 0.6 is 0 Å². The molecule has 0 saturated carbocycles. The molecule has 1 N–H and O–H groups in total. The number of rotatable bonds is 8. The van der Waals surface area contributed by atoms with E-state index < -0.39 is 6.10 Å². The lowest BCUT2D eigenvalue weighted by Crippen LogP contribution is -2.25. The Hall–Kier alpha value is -3.02. The van der Waals surface area contributed by atoms with Crippen molar-refractivity contribution in [3.05, 3.63) is 89.0 Å². The maximum Gasteiger partial charge on any atom is 0.161 e. The maximum absolute atomic E-state index is 10.8. The second-order valence-corrected chi connectivity index (χ2v) is 8.16. The molecule has 0 unspecified atom stereocenters. The summed E-state index contributed by atoms with van der Waals surface area (Å²) < 4.78 is 16.8. The van der Waals surface area contributed by atoms with Crippen molar-refractivity contribution in [2.45, 2.75) is 32.0 Å². The van der Waals surface area contributed by atoms with E-state index in [0.717, 1.165) is 60.0 Å². The first-order valence-electron chi connectivity index (χ1n) is 11.1. The first-order valence-corrected chi connectivity index (χ1v) is 11.1. The third-order valence-corrected chi connectivity index (χ3v) is 5.93. The van der Waals surface area contributed by atoms with Gasteiger partial charge in [-0.1, -0.05) is 42.5 Å². The average Bonchev–Trinajstić information content (AvgIpc) is 3.04. The molecule has 5 heteroatoms.